The van der Waals surface area contributed by atoms with Crippen molar-refractivity contribution in [3.63, 3.8) is 0 Å². The van der Waals surface area contributed by atoms with Crippen LogP contribution < -0.4 is 5.32 Å². The Morgan fingerprint density at radius 3 is 2.93 bits per heavy atom. The van der Waals surface area contributed by atoms with E-state index in [1.165, 1.54) is 0 Å². The standard InChI is InChI=1S/C20H22ClN3O2S/c1-3-10-24(13-17-5-4-11-26-17)20(25)22-12-18-23-19(14(2)27-18)15-6-8-16(21)9-7-15/h1,6-9,17H,4-5,10-13H2,2H3,(H,22,25)/t17-/m1/s1. The van der Waals surface area contributed by atoms with Crippen LogP contribution in [0.15, 0.2) is 24.3 Å². The summed E-state index contributed by atoms with van der Waals surface area (Å²) in [4.78, 5) is 19.9. The number of halogens is 1. The summed E-state index contributed by atoms with van der Waals surface area (Å²) in [6.07, 6.45) is 7.48. The first-order valence-electron chi connectivity index (χ1n) is 8.87. The topological polar surface area (TPSA) is 54.5 Å². The zero-order valence-electron chi connectivity index (χ0n) is 15.2. The maximum atomic E-state index is 12.5. The second-order valence-electron chi connectivity index (χ2n) is 6.40. The van der Waals surface area contributed by atoms with Gasteiger partial charge in [0.1, 0.15) is 5.01 Å². The molecule has 2 heterocycles. The minimum atomic E-state index is -0.190. The maximum Gasteiger partial charge on any atom is 0.318 e. The SMILES string of the molecule is C#CCN(C[C@H]1CCCO1)C(=O)NCc1nc(-c2ccc(Cl)cc2)c(C)s1. The Morgan fingerprint density at radius 2 is 2.26 bits per heavy atom. The van der Waals surface area contributed by atoms with Gasteiger partial charge in [0.05, 0.1) is 24.9 Å². The van der Waals surface area contributed by atoms with E-state index < -0.39 is 0 Å². The lowest BCUT2D eigenvalue weighted by Gasteiger charge is -2.23. The highest BCUT2D eigenvalue weighted by Crippen LogP contribution is 2.28. The number of ether oxygens (including phenoxy) is 1. The molecule has 0 bridgehead atoms. The predicted molar refractivity (Wildman–Crippen MR) is 109 cm³/mol. The molecular weight excluding hydrogens is 382 g/mol. The molecule has 1 aromatic heterocycles. The van der Waals surface area contributed by atoms with Crippen molar-refractivity contribution in [2.75, 3.05) is 19.7 Å². The number of nitrogens with zero attached hydrogens (tertiary/aromatic N) is 2. The molecule has 0 saturated carbocycles. The van der Waals surface area contributed by atoms with Crippen molar-refractivity contribution >= 4 is 29.0 Å². The van der Waals surface area contributed by atoms with Gasteiger partial charge >= 0.3 is 6.03 Å². The van der Waals surface area contributed by atoms with Crippen molar-refractivity contribution in [1.82, 2.24) is 15.2 Å². The molecule has 142 valence electrons. The first kappa shape index (κ1) is 19.7. The smallest absolute Gasteiger partial charge is 0.318 e. The van der Waals surface area contributed by atoms with Gasteiger partial charge in [0.15, 0.2) is 0 Å². The molecule has 27 heavy (non-hydrogen) atoms. The molecular formula is C20H22ClN3O2S. The van der Waals surface area contributed by atoms with Crippen LogP contribution in [0.1, 0.15) is 22.7 Å². The molecule has 0 aliphatic carbocycles. The van der Waals surface area contributed by atoms with Crippen LogP contribution >= 0.6 is 22.9 Å². The van der Waals surface area contributed by atoms with E-state index in [2.05, 4.69) is 16.2 Å². The molecule has 1 saturated heterocycles. The number of rotatable bonds is 6. The minimum Gasteiger partial charge on any atom is -0.376 e. The third kappa shape index (κ3) is 5.23. The van der Waals surface area contributed by atoms with E-state index in [9.17, 15) is 4.79 Å². The number of aryl methyl sites for hydroxylation is 1. The highest BCUT2D eigenvalue weighted by Gasteiger charge is 2.22. The van der Waals surface area contributed by atoms with E-state index in [4.69, 9.17) is 22.8 Å². The maximum absolute atomic E-state index is 12.5. The second-order valence-corrected chi connectivity index (χ2v) is 8.12. The summed E-state index contributed by atoms with van der Waals surface area (Å²) in [7, 11) is 0. The predicted octanol–water partition coefficient (Wildman–Crippen LogP) is 4.10. The van der Waals surface area contributed by atoms with E-state index in [0.29, 0.717) is 18.1 Å². The van der Waals surface area contributed by atoms with Crippen LogP contribution in [-0.4, -0.2) is 41.7 Å². The molecule has 7 heteroatoms. The molecule has 2 amide bonds. The van der Waals surface area contributed by atoms with Crippen molar-refractivity contribution in [3.05, 3.63) is 39.2 Å². The molecule has 1 N–H and O–H groups in total. The lowest BCUT2D eigenvalue weighted by atomic mass is 10.1. The van der Waals surface area contributed by atoms with Crippen LogP contribution in [0.3, 0.4) is 0 Å². The number of carbonyl (C=O) groups is 1. The summed E-state index contributed by atoms with van der Waals surface area (Å²) in [5, 5.41) is 4.47. The number of thiazole rings is 1. The van der Waals surface area contributed by atoms with Crippen LogP contribution in [0, 0.1) is 19.3 Å². The molecule has 1 atom stereocenters. The lowest BCUT2D eigenvalue weighted by Crippen LogP contribution is -2.43. The Bertz CT molecular complexity index is 823. The van der Waals surface area contributed by atoms with Crippen LogP contribution in [-0.2, 0) is 11.3 Å². The molecule has 1 aromatic carbocycles. The van der Waals surface area contributed by atoms with Gasteiger partial charge in [0.25, 0.3) is 0 Å². The van der Waals surface area contributed by atoms with Gasteiger partial charge in [-0.05, 0) is 31.9 Å². The third-order valence-electron chi connectivity index (χ3n) is 4.37. The summed E-state index contributed by atoms with van der Waals surface area (Å²) < 4.78 is 5.61. The highest BCUT2D eigenvalue weighted by molar-refractivity contribution is 7.12. The number of nitrogens with one attached hydrogen (secondary N) is 1. The quantitative estimate of drug-likeness (QED) is 0.739. The number of benzene rings is 1. The van der Waals surface area contributed by atoms with Gasteiger partial charge in [-0.2, -0.15) is 0 Å². The van der Waals surface area contributed by atoms with Gasteiger partial charge in [-0.1, -0.05) is 29.7 Å². The number of urea groups is 1. The molecule has 0 unspecified atom stereocenters. The van der Waals surface area contributed by atoms with Crippen molar-refractivity contribution in [3.8, 4) is 23.6 Å². The van der Waals surface area contributed by atoms with E-state index in [1.807, 2.05) is 31.2 Å². The fraction of sp³-hybridized carbons (Fsp3) is 0.400. The summed E-state index contributed by atoms with van der Waals surface area (Å²) in [5.74, 6) is 2.55. The monoisotopic (exact) mass is 403 g/mol. The average Bonchev–Trinajstić information content (AvgIpc) is 3.29. The largest absolute Gasteiger partial charge is 0.376 e. The van der Waals surface area contributed by atoms with Crippen LogP contribution in [0.5, 0.6) is 0 Å². The lowest BCUT2D eigenvalue weighted by molar-refractivity contribution is 0.0845. The van der Waals surface area contributed by atoms with Crippen LogP contribution in [0.4, 0.5) is 4.79 Å². The number of hydrogen-bond donors (Lipinski definition) is 1. The van der Waals surface area contributed by atoms with Gasteiger partial charge in [-0.3, -0.25) is 0 Å². The minimum absolute atomic E-state index is 0.0720. The van der Waals surface area contributed by atoms with Gasteiger partial charge in [0, 0.05) is 28.6 Å². The van der Waals surface area contributed by atoms with E-state index in [-0.39, 0.29) is 18.7 Å². The Balaban J connectivity index is 1.61. The Labute approximate surface area is 168 Å². The normalized spacial score (nSPS) is 16.1. The highest BCUT2D eigenvalue weighted by atomic mass is 35.5. The fourth-order valence-electron chi connectivity index (χ4n) is 3.03. The van der Waals surface area contributed by atoms with Crippen LogP contribution in [0.2, 0.25) is 5.02 Å². The molecule has 1 fully saturated rings. The van der Waals surface area contributed by atoms with Crippen molar-refractivity contribution in [2.45, 2.75) is 32.4 Å². The summed E-state index contributed by atoms with van der Waals surface area (Å²) in [6, 6.07) is 7.40. The number of hydrogen-bond acceptors (Lipinski definition) is 4. The Kier molecular flexibility index (Phi) is 6.73. The molecule has 1 aliphatic heterocycles. The number of terminal acetylenes is 1. The first-order chi connectivity index (χ1) is 13.1. The Hall–Kier alpha value is -2.07. The van der Waals surface area contributed by atoms with Crippen molar-refractivity contribution in [1.29, 1.82) is 0 Å². The number of carbonyl (C=O) groups excluding carboxylic acids is 1. The fourth-order valence-corrected chi connectivity index (χ4v) is 4.05. The van der Waals surface area contributed by atoms with Gasteiger partial charge in [0.2, 0.25) is 0 Å². The summed E-state index contributed by atoms with van der Waals surface area (Å²) >= 11 is 7.52. The van der Waals surface area contributed by atoms with Gasteiger partial charge < -0.3 is 15.0 Å². The first-order valence-corrected chi connectivity index (χ1v) is 10.1. The molecule has 3 rings (SSSR count). The number of amides is 2. The number of aromatic nitrogens is 1. The molecule has 0 spiro atoms. The van der Waals surface area contributed by atoms with Gasteiger partial charge in [-0.15, -0.1) is 17.8 Å². The molecule has 5 nitrogen and oxygen atoms in total. The zero-order chi connectivity index (χ0) is 19.2. The Morgan fingerprint density at radius 1 is 1.48 bits per heavy atom. The van der Waals surface area contributed by atoms with Crippen molar-refractivity contribution in [2.24, 2.45) is 0 Å². The average molecular weight is 404 g/mol. The second kappa shape index (κ2) is 9.23. The molecule has 0 radical (unpaired) electrons. The van der Waals surface area contributed by atoms with Crippen LogP contribution in [0.25, 0.3) is 11.3 Å². The summed E-state index contributed by atoms with van der Waals surface area (Å²) in [5.41, 5.74) is 1.93. The molecule has 1 aliphatic rings. The van der Waals surface area contributed by atoms with E-state index in [0.717, 1.165) is 40.6 Å². The summed E-state index contributed by atoms with van der Waals surface area (Å²) in [6.45, 7) is 3.92. The van der Waals surface area contributed by atoms with Gasteiger partial charge in [-0.25, -0.2) is 9.78 Å². The zero-order valence-corrected chi connectivity index (χ0v) is 16.8. The van der Waals surface area contributed by atoms with E-state index in [1.54, 1.807) is 16.2 Å². The molecule has 2 aromatic rings. The third-order valence-corrected chi connectivity index (χ3v) is 5.59. The van der Waals surface area contributed by atoms with Crippen molar-refractivity contribution < 1.29 is 9.53 Å². The van der Waals surface area contributed by atoms with E-state index >= 15 is 0 Å².